The highest BCUT2D eigenvalue weighted by atomic mass is 35.5. The predicted octanol–water partition coefficient (Wildman–Crippen LogP) is 1.31. The first-order valence-electron chi connectivity index (χ1n) is 8.84. The van der Waals surface area contributed by atoms with Gasteiger partial charge >= 0.3 is 0 Å². The molecular weight excluding hydrogens is 382 g/mol. The Morgan fingerprint density at radius 3 is 2.75 bits per heavy atom. The Balaban J connectivity index is 0.00000280. The van der Waals surface area contributed by atoms with Crippen LogP contribution in [0.15, 0.2) is 24.3 Å². The Hall–Kier alpha value is -2.65. The number of hydrogen-bond donors (Lipinski definition) is 3. The number of ether oxygens (including phenoxy) is 1. The Morgan fingerprint density at radius 2 is 2.11 bits per heavy atom. The number of nitrogens with two attached hydrogens (primary N) is 1. The average molecular weight is 408 g/mol. The Bertz CT molecular complexity index is 814. The molecule has 1 unspecified atom stereocenters. The van der Waals surface area contributed by atoms with Crippen LogP contribution in [-0.2, 0) is 11.4 Å². The Kier molecular flexibility index (Phi) is 7.36. The van der Waals surface area contributed by atoms with E-state index >= 15 is 0 Å². The number of anilines is 3. The van der Waals surface area contributed by atoms with Crippen molar-refractivity contribution >= 4 is 35.9 Å². The number of benzene rings is 1. The lowest BCUT2D eigenvalue weighted by Crippen LogP contribution is -2.48. The zero-order valence-electron chi connectivity index (χ0n) is 16.2. The zero-order chi connectivity index (χ0) is 19.4. The molecule has 1 amide bonds. The highest BCUT2D eigenvalue weighted by Gasteiger charge is 2.28. The minimum Gasteiger partial charge on any atom is -0.486 e. The molecule has 1 aromatic heterocycles. The second kappa shape index (κ2) is 9.52. The molecule has 3 rings (SSSR count). The summed E-state index contributed by atoms with van der Waals surface area (Å²) < 4.78 is 5.76. The van der Waals surface area contributed by atoms with Gasteiger partial charge in [0, 0.05) is 31.8 Å². The number of rotatable bonds is 7. The van der Waals surface area contributed by atoms with Gasteiger partial charge in [0.15, 0.2) is 5.82 Å². The number of nitrogens with one attached hydrogen (secondary N) is 2. The molecule has 2 aromatic rings. The summed E-state index contributed by atoms with van der Waals surface area (Å²) in [6.07, 6.45) is 0. The van der Waals surface area contributed by atoms with Gasteiger partial charge < -0.3 is 26.0 Å². The van der Waals surface area contributed by atoms with Crippen molar-refractivity contribution in [2.45, 2.75) is 13.5 Å². The molecule has 1 aliphatic heterocycles. The molecule has 1 atom stereocenters. The van der Waals surface area contributed by atoms with Gasteiger partial charge in [-0.25, -0.2) is 0 Å². The lowest BCUT2D eigenvalue weighted by atomic mass is 9.88. The minimum atomic E-state index is -0.0338. The fourth-order valence-corrected chi connectivity index (χ4v) is 2.64. The third-order valence-corrected chi connectivity index (χ3v) is 4.49. The number of nitrogens with zero attached hydrogens (tertiary/aromatic N) is 4. The van der Waals surface area contributed by atoms with Crippen molar-refractivity contribution in [3.8, 4) is 5.75 Å². The van der Waals surface area contributed by atoms with Crippen LogP contribution in [0, 0.1) is 11.8 Å². The molecule has 0 saturated carbocycles. The molecule has 1 fully saturated rings. The molecule has 28 heavy (non-hydrogen) atoms. The Morgan fingerprint density at radius 1 is 1.36 bits per heavy atom. The van der Waals surface area contributed by atoms with Crippen LogP contribution in [-0.4, -0.2) is 48.0 Å². The molecule has 4 N–H and O–H groups in total. The molecule has 9 nitrogen and oxygen atoms in total. The third-order valence-electron chi connectivity index (χ3n) is 4.49. The van der Waals surface area contributed by atoms with Crippen LogP contribution in [0.1, 0.15) is 12.7 Å². The highest BCUT2D eigenvalue weighted by molar-refractivity contribution is 5.92. The highest BCUT2D eigenvalue weighted by Crippen LogP contribution is 2.22. The third kappa shape index (κ3) is 5.43. The summed E-state index contributed by atoms with van der Waals surface area (Å²) in [5, 5.41) is 6.14. The average Bonchev–Trinajstić information content (AvgIpc) is 2.58. The number of hydrogen-bond acceptors (Lipinski definition) is 8. The maximum Gasteiger partial charge on any atom is 0.230 e. The summed E-state index contributed by atoms with van der Waals surface area (Å²) in [6, 6.07) is 7.25. The van der Waals surface area contributed by atoms with Crippen molar-refractivity contribution in [2.75, 3.05) is 43.1 Å². The number of amides is 1. The van der Waals surface area contributed by atoms with Crippen molar-refractivity contribution < 1.29 is 9.53 Å². The molecule has 152 valence electrons. The maximum absolute atomic E-state index is 12.4. The van der Waals surface area contributed by atoms with Crippen molar-refractivity contribution in [3.05, 3.63) is 30.1 Å². The predicted molar refractivity (Wildman–Crippen MR) is 111 cm³/mol. The van der Waals surface area contributed by atoms with E-state index in [4.69, 9.17) is 10.5 Å². The first kappa shape index (κ1) is 21.6. The number of halogens is 1. The Labute approximate surface area is 170 Å². The van der Waals surface area contributed by atoms with Gasteiger partial charge in [0.1, 0.15) is 12.4 Å². The molecule has 10 heteroatoms. The van der Waals surface area contributed by atoms with Crippen molar-refractivity contribution in [1.29, 1.82) is 0 Å². The second-order valence-electron chi connectivity index (χ2n) is 6.82. The summed E-state index contributed by atoms with van der Waals surface area (Å²) in [7, 11) is 3.65. The number of nitrogen functional groups attached to an aromatic ring is 1. The van der Waals surface area contributed by atoms with Gasteiger partial charge in [0.05, 0.1) is 0 Å². The van der Waals surface area contributed by atoms with E-state index in [1.165, 1.54) is 0 Å². The van der Waals surface area contributed by atoms with Crippen molar-refractivity contribution in [2.24, 2.45) is 11.8 Å². The molecule has 0 radical (unpaired) electrons. The normalized spacial score (nSPS) is 14.4. The van der Waals surface area contributed by atoms with E-state index in [2.05, 4.69) is 25.6 Å². The van der Waals surface area contributed by atoms with Gasteiger partial charge in [-0.05, 0) is 31.1 Å². The number of aromatic nitrogens is 3. The van der Waals surface area contributed by atoms with Crippen LogP contribution in [0.25, 0.3) is 0 Å². The van der Waals surface area contributed by atoms with Crippen LogP contribution in [0.2, 0.25) is 0 Å². The van der Waals surface area contributed by atoms with Gasteiger partial charge in [0.25, 0.3) is 0 Å². The van der Waals surface area contributed by atoms with Gasteiger partial charge in [-0.2, -0.15) is 15.0 Å². The van der Waals surface area contributed by atoms with E-state index in [1.807, 2.05) is 39.2 Å². The molecule has 1 aliphatic rings. The van der Waals surface area contributed by atoms with Crippen LogP contribution in [0.5, 0.6) is 5.75 Å². The number of carbonyl (C=O) groups excluding carboxylic acids is 1. The summed E-state index contributed by atoms with van der Waals surface area (Å²) in [4.78, 5) is 26.5. The van der Waals surface area contributed by atoms with Gasteiger partial charge in [-0.1, -0.05) is 13.0 Å². The van der Waals surface area contributed by atoms with Crippen LogP contribution in [0.4, 0.5) is 17.6 Å². The molecular formula is C18H26ClN7O2. The lowest BCUT2D eigenvalue weighted by Gasteiger charge is -2.31. The quantitative estimate of drug-likeness (QED) is 0.628. The van der Waals surface area contributed by atoms with Crippen LogP contribution < -0.4 is 26.0 Å². The van der Waals surface area contributed by atoms with E-state index in [1.54, 1.807) is 11.0 Å². The monoisotopic (exact) mass is 407 g/mol. The molecule has 0 aliphatic carbocycles. The van der Waals surface area contributed by atoms with Crippen molar-refractivity contribution in [1.82, 2.24) is 20.3 Å². The topological polar surface area (TPSA) is 118 Å². The van der Waals surface area contributed by atoms with E-state index < -0.39 is 0 Å². The molecule has 0 bridgehead atoms. The number of carbonyl (C=O) groups is 1. The SMILES string of the molecule is CC(C(=O)Nc1cccc(OCc2nc(N)nc(N(C)C)n2)c1)C1CNC1.Cl. The zero-order valence-corrected chi connectivity index (χ0v) is 17.0. The summed E-state index contributed by atoms with van der Waals surface area (Å²) in [5.41, 5.74) is 6.41. The smallest absolute Gasteiger partial charge is 0.230 e. The molecule has 1 saturated heterocycles. The van der Waals surface area contributed by atoms with E-state index in [0.717, 1.165) is 13.1 Å². The van der Waals surface area contributed by atoms with Crippen molar-refractivity contribution in [3.63, 3.8) is 0 Å². The standard InChI is InChI=1S/C18H25N7O2.ClH/c1-11(12-8-20-9-12)16(26)21-13-5-4-6-14(7-13)27-10-15-22-17(19)24-18(23-15)25(2)3;/h4-7,11-12,20H,8-10H2,1-3H3,(H,21,26)(H2,19,22,23,24);1H. The fraction of sp³-hybridized carbons (Fsp3) is 0.444. The summed E-state index contributed by atoms with van der Waals surface area (Å²) in [6.45, 7) is 3.88. The maximum atomic E-state index is 12.4. The first-order chi connectivity index (χ1) is 12.9. The van der Waals surface area contributed by atoms with E-state index in [0.29, 0.717) is 29.1 Å². The summed E-state index contributed by atoms with van der Waals surface area (Å²) >= 11 is 0. The molecule has 0 spiro atoms. The second-order valence-corrected chi connectivity index (χ2v) is 6.82. The summed E-state index contributed by atoms with van der Waals surface area (Å²) in [5.74, 6) is 2.04. The molecule has 2 heterocycles. The first-order valence-corrected chi connectivity index (χ1v) is 8.84. The van der Waals surface area contributed by atoms with Crippen LogP contribution >= 0.6 is 12.4 Å². The van der Waals surface area contributed by atoms with Gasteiger partial charge in [-0.15, -0.1) is 12.4 Å². The minimum absolute atomic E-state index is 0. The van der Waals surface area contributed by atoms with E-state index in [-0.39, 0.29) is 36.8 Å². The lowest BCUT2D eigenvalue weighted by molar-refractivity contribution is -0.121. The van der Waals surface area contributed by atoms with Gasteiger partial charge in [0.2, 0.25) is 17.8 Å². The molecule has 1 aromatic carbocycles. The van der Waals surface area contributed by atoms with Crippen LogP contribution in [0.3, 0.4) is 0 Å². The van der Waals surface area contributed by atoms with Gasteiger partial charge in [-0.3, -0.25) is 4.79 Å². The largest absolute Gasteiger partial charge is 0.486 e. The fourth-order valence-electron chi connectivity index (χ4n) is 2.64. The van der Waals surface area contributed by atoms with E-state index in [9.17, 15) is 4.79 Å².